The van der Waals surface area contributed by atoms with Crippen LogP contribution in [-0.2, 0) is 6.54 Å². The van der Waals surface area contributed by atoms with Crippen LogP contribution in [0.2, 0.25) is 0 Å². The number of carbonyl (C=O) groups excluding carboxylic acids is 1. The van der Waals surface area contributed by atoms with E-state index >= 15 is 0 Å². The molecule has 3 nitrogen and oxygen atoms in total. The Hall–Kier alpha value is -1.64. The lowest BCUT2D eigenvalue weighted by atomic mass is 9.96. The van der Waals surface area contributed by atoms with E-state index in [1.165, 1.54) is 12.8 Å². The Morgan fingerprint density at radius 1 is 1.39 bits per heavy atom. The van der Waals surface area contributed by atoms with Gasteiger partial charge in [0.2, 0.25) is 0 Å². The first-order valence-corrected chi connectivity index (χ1v) is 6.78. The Bertz CT molecular complexity index is 579. The van der Waals surface area contributed by atoms with Gasteiger partial charge in [-0.05, 0) is 38.0 Å². The standard InChI is InChI=1S/C15H18N2O/c1-2-17-10-16-13-9-12(7-8-14(13)17)15(18)11-5-3-4-6-11/h7-11H,2-6H2,1H3. The number of rotatable bonds is 3. The Morgan fingerprint density at radius 3 is 2.89 bits per heavy atom. The fraction of sp³-hybridized carbons (Fsp3) is 0.467. The van der Waals surface area contributed by atoms with Gasteiger partial charge in [-0.15, -0.1) is 0 Å². The SMILES string of the molecule is CCn1cnc2cc(C(=O)C3CCCC3)ccc21. The van der Waals surface area contributed by atoms with Crippen LogP contribution in [0.1, 0.15) is 43.0 Å². The fourth-order valence-electron chi connectivity index (χ4n) is 2.89. The quantitative estimate of drug-likeness (QED) is 0.773. The van der Waals surface area contributed by atoms with Gasteiger partial charge in [0.25, 0.3) is 0 Å². The summed E-state index contributed by atoms with van der Waals surface area (Å²) >= 11 is 0. The average molecular weight is 242 g/mol. The van der Waals surface area contributed by atoms with Crippen molar-refractivity contribution in [2.45, 2.75) is 39.2 Å². The second-order valence-electron chi connectivity index (χ2n) is 5.08. The smallest absolute Gasteiger partial charge is 0.166 e. The van der Waals surface area contributed by atoms with Crippen LogP contribution in [0.25, 0.3) is 11.0 Å². The van der Waals surface area contributed by atoms with E-state index in [1.54, 1.807) is 0 Å². The molecule has 0 saturated heterocycles. The maximum absolute atomic E-state index is 12.3. The lowest BCUT2D eigenvalue weighted by molar-refractivity contribution is 0.0923. The van der Waals surface area contributed by atoms with E-state index in [1.807, 2.05) is 24.5 Å². The van der Waals surface area contributed by atoms with E-state index in [2.05, 4.69) is 16.5 Å². The van der Waals surface area contributed by atoms with Gasteiger partial charge in [0.15, 0.2) is 5.78 Å². The predicted octanol–water partition coefficient (Wildman–Crippen LogP) is 3.43. The minimum atomic E-state index is 0.246. The maximum Gasteiger partial charge on any atom is 0.166 e. The Kier molecular flexibility index (Phi) is 2.90. The van der Waals surface area contributed by atoms with Gasteiger partial charge in [-0.25, -0.2) is 4.98 Å². The van der Waals surface area contributed by atoms with E-state index in [-0.39, 0.29) is 5.92 Å². The van der Waals surface area contributed by atoms with E-state index in [9.17, 15) is 4.79 Å². The van der Waals surface area contributed by atoms with Crippen molar-refractivity contribution in [1.82, 2.24) is 9.55 Å². The summed E-state index contributed by atoms with van der Waals surface area (Å²) in [7, 11) is 0. The maximum atomic E-state index is 12.3. The molecule has 0 spiro atoms. The van der Waals surface area contributed by atoms with Crippen molar-refractivity contribution in [2.75, 3.05) is 0 Å². The van der Waals surface area contributed by atoms with Crippen LogP contribution in [0.5, 0.6) is 0 Å². The molecular formula is C15H18N2O. The molecule has 1 saturated carbocycles. The molecule has 0 bridgehead atoms. The molecule has 1 aliphatic carbocycles. The summed E-state index contributed by atoms with van der Waals surface area (Å²) in [5, 5.41) is 0. The third-order valence-corrected chi connectivity index (χ3v) is 3.97. The molecule has 0 unspecified atom stereocenters. The molecule has 1 heterocycles. The van der Waals surface area contributed by atoms with E-state index in [4.69, 9.17) is 0 Å². The minimum Gasteiger partial charge on any atom is -0.331 e. The van der Waals surface area contributed by atoms with Gasteiger partial charge in [0.1, 0.15) is 0 Å². The second-order valence-corrected chi connectivity index (χ2v) is 5.08. The summed E-state index contributed by atoms with van der Waals surface area (Å²) in [4.78, 5) is 16.7. The number of imidazole rings is 1. The molecule has 2 aromatic rings. The van der Waals surface area contributed by atoms with Gasteiger partial charge in [-0.2, -0.15) is 0 Å². The number of benzene rings is 1. The number of aromatic nitrogens is 2. The summed E-state index contributed by atoms with van der Waals surface area (Å²) in [5.74, 6) is 0.552. The molecule has 1 fully saturated rings. The zero-order valence-corrected chi connectivity index (χ0v) is 10.7. The predicted molar refractivity (Wildman–Crippen MR) is 71.7 cm³/mol. The van der Waals surface area contributed by atoms with Gasteiger partial charge in [0, 0.05) is 18.0 Å². The molecule has 3 rings (SSSR count). The Labute approximate surface area is 107 Å². The highest BCUT2D eigenvalue weighted by atomic mass is 16.1. The first-order valence-electron chi connectivity index (χ1n) is 6.78. The molecule has 1 aliphatic rings. The van der Waals surface area contributed by atoms with Crippen LogP contribution in [0.3, 0.4) is 0 Å². The van der Waals surface area contributed by atoms with Crippen molar-refractivity contribution in [2.24, 2.45) is 5.92 Å². The number of fused-ring (bicyclic) bond motifs is 1. The monoisotopic (exact) mass is 242 g/mol. The average Bonchev–Trinajstić information content (AvgIpc) is 3.06. The van der Waals surface area contributed by atoms with Crippen LogP contribution >= 0.6 is 0 Å². The largest absolute Gasteiger partial charge is 0.331 e. The van der Waals surface area contributed by atoms with Crippen LogP contribution in [0.15, 0.2) is 24.5 Å². The van der Waals surface area contributed by atoms with Crippen molar-refractivity contribution in [3.8, 4) is 0 Å². The normalized spacial score (nSPS) is 16.5. The molecule has 94 valence electrons. The first-order chi connectivity index (χ1) is 8.79. The molecule has 0 aliphatic heterocycles. The summed E-state index contributed by atoms with van der Waals surface area (Å²) in [6.07, 6.45) is 6.35. The molecule has 0 radical (unpaired) electrons. The van der Waals surface area contributed by atoms with Crippen molar-refractivity contribution in [3.63, 3.8) is 0 Å². The molecular weight excluding hydrogens is 224 g/mol. The highest BCUT2D eigenvalue weighted by Gasteiger charge is 2.24. The second kappa shape index (κ2) is 4.56. The lowest BCUT2D eigenvalue weighted by Gasteiger charge is -2.08. The topological polar surface area (TPSA) is 34.9 Å². The first kappa shape index (κ1) is 11.5. The molecule has 1 aromatic carbocycles. The number of ketones is 1. The van der Waals surface area contributed by atoms with Crippen LogP contribution in [-0.4, -0.2) is 15.3 Å². The number of aryl methyl sites for hydroxylation is 1. The number of nitrogens with zero attached hydrogens (tertiary/aromatic N) is 2. The lowest BCUT2D eigenvalue weighted by Crippen LogP contribution is -2.10. The Balaban J connectivity index is 1.95. The van der Waals surface area contributed by atoms with E-state index < -0.39 is 0 Å². The molecule has 18 heavy (non-hydrogen) atoms. The third-order valence-electron chi connectivity index (χ3n) is 3.97. The van der Waals surface area contributed by atoms with Gasteiger partial charge < -0.3 is 4.57 Å². The zero-order chi connectivity index (χ0) is 12.5. The summed E-state index contributed by atoms with van der Waals surface area (Å²) in [5.41, 5.74) is 2.87. The summed E-state index contributed by atoms with van der Waals surface area (Å²) in [6, 6.07) is 5.92. The van der Waals surface area contributed by atoms with Gasteiger partial charge in [0.05, 0.1) is 17.4 Å². The fourth-order valence-corrected chi connectivity index (χ4v) is 2.89. The van der Waals surface area contributed by atoms with E-state index in [0.29, 0.717) is 5.78 Å². The number of hydrogen-bond acceptors (Lipinski definition) is 2. The molecule has 1 aromatic heterocycles. The highest BCUT2D eigenvalue weighted by molar-refractivity contribution is 6.00. The molecule has 3 heteroatoms. The summed E-state index contributed by atoms with van der Waals surface area (Å²) in [6.45, 7) is 3.01. The minimum absolute atomic E-state index is 0.246. The molecule has 0 atom stereocenters. The molecule has 0 amide bonds. The van der Waals surface area contributed by atoms with Crippen LogP contribution < -0.4 is 0 Å². The van der Waals surface area contributed by atoms with Crippen molar-refractivity contribution in [1.29, 1.82) is 0 Å². The van der Waals surface area contributed by atoms with Crippen molar-refractivity contribution >= 4 is 16.8 Å². The van der Waals surface area contributed by atoms with Gasteiger partial charge >= 0.3 is 0 Å². The van der Waals surface area contributed by atoms with Gasteiger partial charge in [-0.3, -0.25) is 4.79 Å². The highest BCUT2D eigenvalue weighted by Crippen LogP contribution is 2.28. The zero-order valence-electron chi connectivity index (χ0n) is 10.7. The van der Waals surface area contributed by atoms with Crippen molar-refractivity contribution < 1.29 is 4.79 Å². The van der Waals surface area contributed by atoms with Crippen LogP contribution in [0.4, 0.5) is 0 Å². The Morgan fingerprint density at radius 2 is 2.17 bits per heavy atom. The molecule has 0 N–H and O–H groups in total. The number of carbonyl (C=O) groups is 1. The van der Waals surface area contributed by atoms with E-state index in [0.717, 1.165) is 36.0 Å². The number of Topliss-reactive ketones (excluding diaryl/α,β-unsaturated/α-hetero) is 1. The number of hydrogen-bond donors (Lipinski definition) is 0. The van der Waals surface area contributed by atoms with Crippen molar-refractivity contribution in [3.05, 3.63) is 30.1 Å². The van der Waals surface area contributed by atoms with Crippen LogP contribution in [0, 0.1) is 5.92 Å². The summed E-state index contributed by atoms with van der Waals surface area (Å²) < 4.78 is 2.10. The van der Waals surface area contributed by atoms with Gasteiger partial charge in [-0.1, -0.05) is 12.8 Å². The third kappa shape index (κ3) is 1.84.